The van der Waals surface area contributed by atoms with Crippen molar-refractivity contribution in [2.24, 2.45) is 11.3 Å². The van der Waals surface area contributed by atoms with Crippen LogP contribution in [0.15, 0.2) is 0 Å². The maximum atomic E-state index is 10.7. The average Bonchev–Trinajstić information content (AvgIpc) is 2.74. The molecular formula is C15H26Br2O3. The van der Waals surface area contributed by atoms with Crippen molar-refractivity contribution in [3.05, 3.63) is 0 Å². The molecule has 1 saturated carbocycles. The zero-order chi connectivity index (χ0) is 15.3. The number of rotatable bonds is 3. The number of aliphatic hydroxyl groups is 2. The number of halogens is 2. The summed E-state index contributed by atoms with van der Waals surface area (Å²) in [5.41, 5.74) is -1.30. The average molecular weight is 414 g/mol. The van der Waals surface area contributed by atoms with E-state index in [-0.39, 0.29) is 17.1 Å². The van der Waals surface area contributed by atoms with Crippen LogP contribution in [-0.4, -0.2) is 43.8 Å². The maximum Gasteiger partial charge on any atom is 0.115 e. The van der Waals surface area contributed by atoms with Crippen LogP contribution in [0.2, 0.25) is 0 Å². The highest BCUT2D eigenvalue weighted by Gasteiger charge is 2.59. The zero-order valence-electron chi connectivity index (χ0n) is 12.7. The molecule has 1 aliphatic carbocycles. The fourth-order valence-electron chi connectivity index (χ4n) is 3.97. The maximum absolute atomic E-state index is 10.7. The molecule has 2 aliphatic rings. The van der Waals surface area contributed by atoms with E-state index in [0.717, 1.165) is 19.3 Å². The summed E-state index contributed by atoms with van der Waals surface area (Å²) >= 11 is 7.06. The van der Waals surface area contributed by atoms with Gasteiger partial charge in [0.1, 0.15) is 5.60 Å². The lowest BCUT2D eigenvalue weighted by Crippen LogP contribution is -2.51. The summed E-state index contributed by atoms with van der Waals surface area (Å²) in [4.78, 5) is 0.474. The first kappa shape index (κ1) is 17.2. The minimum absolute atomic E-state index is 0.122. The third kappa shape index (κ3) is 2.62. The van der Waals surface area contributed by atoms with E-state index in [1.54, 1.807) is 6.92 Å². The molecule has 2 N–H and O–H groups in total. The van der Waals surface area contributed by atoms with Crippen LogP contribution in [0, 0.1) is 11.3 Å². The molecule has 118 valence electrons. The fraction of sp³-hybridized carbons (Fsp3) is 1.00. The first-order valence-electron chi connectivity index (χ1n) is 7.34. The van der Waals surface area contributed by atoms with Crippen molar-refractivity contribution in [1.29, 1.82) is 0 Å². The lowest BCUT2D eigenvalue weighted by molar-refractivity contribution is -0.172. The van der Waals surface area contributed by atoms with Crippen LogP contribution in [-0.2, 0) is 4.74 Å². The van der Waals surface area contributed by atoms with Crippen LogP contribution in [0.25, 0.3) is 0 Å². The molecule has 2 rings (SSSR count). The van der Waals surface area contributed by atoms with E-state index in [0.29, 0.717) is 16.1 Å². The van der Waals surface area contributed by atoms with E-state index in [1.165, 1.54) is 0 Å². The lowest BCUT2D eigenvalue weighted by atomic mass is 9.61. The Morgan fingerprint density at radius 2 is 2.00 bits per heavy atom. The molecule has 0 aromatic heterocycles. The Bertz CT molecular complexity index is 372. The molecule has 0 radical (unpaired) electrons. The molecule has 0 spiro atoms. The van der Waals surface area contributed by atoms with Crippen molar-refractivity contribution in [1.82, 2.24) is 0 Å². The van der Waals surface area contributed by atoms with Crippen LogP contribution < -0.4 is 0 Å². The van der Waals surface area contributed by atoms with Gasteiger partial charge in [0.2, 0.25) is 0 Å². The molecule has 6 unspecified atom stereocenters. The topological polar surface area (TPSA) is 49.7 Å². The Labute approximate surface area is 138 Å². The molecule has 1 saturated heterocycles. The molecule has 0 aromatic carbocycles. The highest BCUT2D eigenvalue weighted by molar-refractivity contribution is 9.09. The first-order valence-corrected chi connectivity index (χ1v) is 9.37. The van der Waals surface area contributed by atoms with Gasteiger partial charge >= 0.3 is 0 Å². The van der Waals surface area contributed by atoms with Gasteiger partial charge in [0.05, 0.1) is 17.8 Å². The molecule has 5 heteroatoms. The van der Waals surface area contributed by atoms with E-state index >= 15 is 0 Å². The van der Waals surface area contributed by atoms with Gasteiger partial charge in [-0.25, -0.2) is 0 Å². The largest absolute Gasteiger partial charge is 0.389 e. The fourth-order valence-corrected chi connectivity index (χ4v) is 5.18. The van der Waals surface area contributed by atoms with Gasteiger partial charge in [-0.05, 0) is 44.4 Å². The molecule has 1 aliphatic heterocycles. The Morgan fingerprint density at radius 3 is 2.55 bits per heavy atom. The standard InChI is InChI=1S/C15H26Br2O3/c1-13(2)9-7-12(15(4,19)11(18)8-16)20-14(9,3)6-5-10(13)17/h9-12,18-19H,5-8H2,1-4H3. The SMILES string of the molecule is CC12CCC(Br)C(C)(C)C1CC(C(C)(O)C(O)CBr)O2. The summed E-state index contributed by atoms with van der Waals surface area (Å²) in [6.07, 6.45) is 1.73. The minimum atomic E-state index is -1.22. The molecule has 2 fully saturated rings. The van der Waals surface area contributed by atoms with E-state index in [4.69, 9.17) is 4.74 Å². The van der Waals surface area contributed by atoms with Crippen LogP contribution >= 0.6 is 31.9 Å². The van der Waals surface area contributed by atoms with Crippen molar-refractivity contribution >= 4 is 31.9 Å². The Kier molecular flexibility index (Phi) is 4.71. The van der Waals surface area contributed by atoms with Crippen molar-refractivity contribution < 1.29 is 14.9 Å². The minimum Gasteiger partial charge on any atom is -0.389 e. The summed E-state index contributed by atoms with van der Waals surface area (Å²) < 4.78 is 6.27. The zero-order valence-corrected chi connectivity index (χ0v) is 15.9. The van der Waals surface area contributed by atoms with E-state index in [2.05, 4.69) is 52.6 Å². The number of fused-ring (bicyclic) bond motifs is 1. The smallest absolute Gasteiger partial charge is 0.115 e. The normalized spacial score (nSPS) is 44.7. The molecule has 0 bridgehead atoms. The molecule has 20 heavy (non-hydrogen) atoms. The lowest BCUT2D eigenvalue weighted by Gasteiger charge is -2.49. The summed E-state index contributed by atoms with van der Waals surface area (Å²) in [6.45, 7) is 8.39. The van der Waals surface area contributed by atoms with E-state index < -0.39 is 11.7 Å². The van der Waals surface area contributed by atoms with Crippen molar-refractivity contribution in [3.8, 4) is 0 Å². The summed E-state index contributed by atoms with van der Waals surface area (Å²) in [5.74, 6) is 0.382. The van der Waals surface area contributed by atoms with Crippen LogP contribution in [0.3, 0.4) is 0 Å². The third-order valence-corrected chi connectivity index (χ3v) is 7.92. The van der Waals surface area contributed by atoms with Gasteiger partial charge in [0, 0.05) is 10.2 Å². The first-order chi connectivity index (χ1) is 9.05. The van der Waals surface area contributed by atoms with E-state index in [1.807, 2.05) is 0 Å². The van der Waals surface area contributed by atoms with E-state index in [9.17, 15) is 10.2 Å². The summed E-state index contributed by atoms with van der Waals surface area (Å²) in [6, 6.07) is 0. The van der Waals surface area contributed by atoms with Gasteiger partial charge in [-0.3, -0.25) is 0 Å². The van der Waals surface area contributed by atoms with Crippen molar-refractivity contribution in [2.75, 3.05) is 5.33 Å². The number of ether oxygens (including phenoxy) is 1. The van der Waals surface area contributed by atoms with Crippen molar-refractivity contribution in [2.45, 2.75) is 75.2 Å². The Balaban J connectivity index is 2.25. The monoisotopic (exact) mass is 412 g/mol. The second-order valence-electron chi connectivity index (χ2n) is 7.43. The predicted molar refractivity (Wildman–Crippen MR) is 87.5 cm³/mol. The molecule has 0 aromatic rings. The molecular weight excluding hydrogens is 388 g/mol. The van der Waals surface area contributed by atoms with Gasteiger partial charge in [-0.2, -0.15) is 0 Å². The van der Waals surface area contributed by atoms with Gasteiger partial charge in [0.25, 0.3) is 0 Å². The molecule has 3 nitrogen and oxygen atoms in total. The molecule has 1 heterocycles. The Morgan fingerprint density at radius 1 is 1.40 bits per heavy atom. The molecule has 6 atom stereocenters. The predicted octanol–water partition coefficient (Wildman–Crippen LogP) is 3.24. The third-order valence-electron chi connectivity index (χ3n) is 5.67. The number of hydrogen-bond donors (Lipinski definition) is 2. The van der Waals surface area contributed by atoms with Gasteiger partial charge in [-0.15, -0.1) is 0 Å². The van der Waals surface area contributed by atoms with Crippen LogP contribution in [0.4, 0.5) is 0 Å². The van der Waals surface area contributed by atoms with Gasteiger partial charge < -0.3 is 14.9 Å². The summed E-state index contributed by atoms with van der Waals surface area (Å²) in [5, 5.41) is 21.1. The van der Waals surface area contributed by atoms with Gasteiger partial charge in [-0.1, -0.05) is 45.7 Å². The summed E-state index contributed by atoms with van der Waals surface area (Å²) in [7, 11) is 0. The second-order valence-corrected chi connectivity index (χ2v) is 9.18. The van der Waals surface area contributed by atoms with Gasteiger partial charge in [0.15, 0.2) is 0 Å². The highest BCUT2D eigenvalue weighted by atomic mass is 79.9. The number of hydrogen-bond acceptors (Lipinski definition) is 3. The second kappa shape index (κ2) is 5.48. The quantitative estimate of drug-likeness (QED) is 0.698. The number of aliphatic hydroxyl groups excluding tert-OH is 1. The van der Waals surface area contributed by atoms with Crippen molar-refractivity contribution in [3.63, 3.8) is 0 Å². The van der Waals surface area contributed by atoms with Crippen LogP contribution in [0.1, 0.15) is 47.0 Å². The number of alkyl halides is 2. The highest BCUT2D eigenvalue weighted by Crippen LogP contribution is 2.57. The molecule has 0 amide bonds. The van der Waals surface area contributed by atoms with Crippen LogP contribution in [0.5, 0.6) is 0 Å². The Hall–Kier alpha value is 0.840.